The third kappa shape index (κ3) is 3.08. The fourth-order valence-corrected chi connectivity index (χ4v) is 3.84. The summed E-state index contributed by atoms with van der Waals surface area (Å²) in [5.74, 6) is 0. The highest BCUT2D eigenvalue weighted by atomic mass is 32.2. The quantitative estimate of drug-likeness (QED) is 0.935. The minimum Gasteiger partial charge on any atom is -0.276 e. The Morgan fingerprint density at radius 3 is 2.30 bits per heavy atom. The largest absolute Gasteiger partial charge is 0.276 e. The molecule has 0 spiro atoms. The van der Waals surface area contributed by atoms with Crippen LogP contribution in [0.4, 0.5) is 0 Å². The van der Waals surface area contributed by atoms with Gasteiger partial charge in [0.1, 0.15) is 0 Å². The summed E-state index contributed by atoms with van der Waals surface area (Å²) >= 11 is 0. The second-order valence-corrected chi connectivity index (χ2v) is 6.74. The molecule has 0 saturated heterocycles. The van der Waals surface area contributed by atoms with E-state index in [2.05, 4.69) is 9.82 Å². The molecular formula is C14H19N3O2S. The highest BCUT2D eigenvalue weighted by Crippen LogP contribution is 2.21. The van der Waals surface area contributed by atoms with Crippen molar-refractivity contribution in [1.29, 1.82) is 0 Å². The Labute approximate surface area is 119 Å². The average molecular weight is 293 g/mol. The van der Waals surface area contributed by atoms with E-state index < -0.39 is 10.0 Å². The van der Waals surface area contributed by atoms with E-state index in [0.717, 1.165) is 16.7 Å². The lowest BCUT2D eigenvalue weighted by Gasteiger charge is -2.12. The molecule has 1 aromatic heterocycles. The zero-order chi connectivity index (χ0) is 14.9. The molecule has 2 rings (SSSR count). The van der Waals surface area contributed by atoms with E-state index in [1.165, 1.54) is 0 Å². The van der Waals surface area contributed by atoms with Crippen LogP contribution >= 0.6 is 0 Å². The molecule has 1 aromatic carbocycles. The second-order valence-electron chi connectivity index (χ2n) is 5.03. The summed E-state index contributed by atoms with van der Waals surface area (Å²) in [6, 6.07) is 5.54. The van der Waals surface area contributed by atoms with Crippen LogP contribution in [-0.2, 0) is 23.6 Å². The normalized spacial score (nSPS) is 11.8. The van der Waals surface area contributed by atoms with Crippen LogP contribution in [0.1, 0.15) is 22.4 Å². The lowest BCUT2D eigenvalue weighted by molar-refractivity contribution is 0.578. The van der Waals surface area contributed by atoms with Crippen LogP contribution in [0.15, 0.2) is 29.3 Å². The maximum atomic E-state index is 12.4. The first kappa shape index (κ1) is 14.7. The van der Waals surface area contributed by atoms with E-state index in [0.29, 0.717) is 10.6 Å². The van der Waals surface area contributed by atoms with Crippen LogP contribution in [0.2, 0.25) is 0 Å². The summed E-state index contributed by atoms with van der Waals surface area (Å²) in [7, 11) is -1.73. The molecule has 1 heterocycles. The fraction of sp³-hybridized carbons (Fsp3) is 0.357. The molecule has 0 radical (unpaired) electrons. The van der Waals surface area contributed by atoms with Gasteiger partial charge in [-0.2, -0.15) is 5.10 Å². The lowest BCUT2D eigenvalue weighted by Crippen LogP contribution is -2.25. The minimum atomic E-state index is -3.53. The van der Waals surface area contributed by atoms with Crippen LogP contribution in [0.5, 0.6) is 0 Å². The van der Waals surface area contributed by atoms with Crippen LogP contribution in [0, 0.1) is 20.8 Å². The van der Waals surface area contributed by atoms with Gasteiger partial charge < -0.3 is 0 Å². The fourth-order valence-electron chi connectivity index (χ4n) is 2.39. The Morgan fingerprint density at radius 2 is 1.80 bits per heavy atom. The molecule has 0 aliphatic rings. The summed E-state index contributed by atoms with van der Waals surface area (Å²) in [4.78, 5) is 0.360. The maximum absolute atomic E-state index is 12.4. The van der Waals surface area contributed by atoms with E-state index in [9.17, 15) is 8.42 Å². The summed E-state index contributed by atoms with van der Waals surface area (Å²) in [5.41, 5.74) is 3.27. The summed E-state index contributed by atoms with van der Waals surface area (Å²) in [6.45, 7) is 5.78. The highest BCUT2D eigenvalue weighted by molar-refractivity contribution is 7.89. The zero-order valence-electron chi connectivity index (χ0n) is 12.1. The molecule has 2 aromatic rings. The van der Waals surface area contributed by atoms with Gasteiger partial charge in [-0.05, 0) is 38.0 Å². The topological polar surface area (TPSA) is 64.0 Å². The van der Waals surface area contributed by atoms with Crippen molar-refractivity contribution >= 4 is 10.0 Å². The van der Waals surface area contributed by atoms with E-state index in [1.54, 1.807) is 24.0 Å². The van der Waals surface area contributed by atoms with Gasteiger partial charge in [-0.25, -0.2) is 13.1 Å². The molecule has 108 valence electrons. The molecule has 6 heteroatoms. The Kier molecular flexibility index (Phi) is 3.96. The van der Waals surface area contributed by atoms with Crippen molar-refractivity contribution in [2.24, 2.45) is 7.05 Å². The molecule has 0 bridgehead atoms. The lowest BCUT2D eigenvalue weighted by atomic mass is 10.1. The molecule has 0 aliphatic heterocycles. The van der Waals surface area contributed by atoms with Gasteiger partial charge in [-0.1, -0.05) is 17.7 Å². The van der Waals surface area contributed by atoms with Crippen molar-refractivity contribution < 1.29 is 8.42 Å². The van der Waals surface area contributed by atoms with Gasteiger partial charge in [0.05, 0.1) is 17.1 Å². The number of benzene rings is 1. The molecule has 5 nitrogen and oxygen atoms in total. The third-order valence-electron chi connectivity index (χ3n) is 3.09. The van der Waals surface area contributed by atoms with Crippen molar-refractivity contribution in [3.05, 3.63) is 46.8 Å². The third-order valence-corrected chi connectivity index (χ3v) is 4.79. The van der Waals surface area contributed by atoms with Gasteiger partial charge in [-0.3, -0.25) is 4.68 Å². The predicted molar refractivity (Wildman–Crippen MR) is 77.9 cm³/mol. The first-order valence-corrected chi connectivity index (χ1v) is 7.84. The van der Waals surface area contributed by atoms with Gasteiger partial charge in [0.15, 0.2) is 0 Å². The standard InChI is InChI=1S/C14H19N3O2S/c1-10-7-11(2)14(12(3)8-10)20(18,19)15-9-13-5-6-17(4)16-13/h5-8,15H,9H2,1-4H3. The number of hydrogen-bond donors (Lipinski definition) is 1. The molecule has 0 unspecified atom stereocenters. The molecule has 1 N–H and O–H groups in total. The zero-order valence-corrected chi connectivity index (χ0v) is 13.0. The number of hydrogen-bond acceptors (Lipinski definition) is 3. The molecule has 0 saturated carbocycles. The maximum Gasteiger partial charge on any atom is 0.241 e. The second kappa shape index (κ2) is 5.38. The smallest absolute Gasteiger partial charge is 0.241 e. The van der Waals surface area contributed by atoms with Crippen LogP contribution < -0.4 is 4.72 Å². The summed E-state index contributed by atoms with van der Waals surface area (Å²) in [5, 5.41) is 4.16. The molecule has 0 amide bonds. The molecule has 0 aliphatic carbocycles. The predicted octanol–water partition coefficient (Wildman–Crippen LogP) is 1.82. The van der Waals surface area contributed by atoms with Crippen molar-refractivity contribution in [3.63, 3.8) is 0 Å². The van der Waals surface area contributed by atoms with E-state index in [4.69, 9.17) is 0 Å². The van der Waals surface area contributed by atoms with E-state index >= 15 is 0 Å². The molecular weight excluding hydrogens is 274 g/mol. The Morgan fingerprint density at radius 1 is 1.20 bits per heavy atom. The van der Waals surface area contributed by atoms with Gasteiger partial charge in [0.25, 0.3) is 0 Å². The van der Waals surface area contributed by atoms with Crippen molar-refractivity contribution in [1.82, 2.24) is 14.5 Å². The van der Waals surface area contributed by atoms with Crippen molar-refractivity contribution in [2.75, 3.05) is 0 Å². The number of nitrogens with zero attached hydrogens (tertiary/aromatic N) is 2. The SMILES string of the molecule is Cc1cc(C)c(S(=O)(=O)NCc2ccn(C)n2)c(C)c1. The van der Waals surface area contributed by atoms with Crippen molar-refractivity contribution in [2.45, 2.75) is 32.2 Å². The minimum absolute atomic E-state index is 0.190. The Balaban J connectivity index is 2.27. The highest BCUT2D eigenvalue weighted by Gasteiger charge is 2.19. The van der Waals surface area contributed by atoms with Gasteiger partial charge >= 0.3 is 0 Å². The number of nitrogens with one attached hydrogen (secondary N) is 1. The first-order chi connectivity index (χ1) is 9.29. The molecule has 0 fully saturated rings. The van der Waals surface area contributed by atoms with Crippen molar-refractivity contribution in [3.8, 4) is 0 Å². The molecule has 20 heavy (non-hydrogen) atoms. The monoisotopic (exact) mass is 293 g/mol. The van der Waals surface area contributed by atoms with Crippen LogP contribution in [0.3, 0.4) is 0 Å². The summed E-state index contributed by atoms with van der Waals surface area (Å²) in [6.07, 6.45) is 1.78. The Bertz CT molecular complexity index is 710. The Hall–Kier alpha value is -1.66. The number of aryl methyl sites for hydroxylation is 4. The number of rotatable bonds is 4. The number of sulfonamides is 1. The molecule has 0 atom stereocenters. The summed E-state index contributed by atoms with van der Waals surface area (Å²) < 4.78 is 29.1. The first-order valence-electron chi connectivity index (χ1n) is 6.35. The van der Waals surface area contributed by atoms with E-state index in [1.807, 2.05) is 32.9 Å². The van der Waals surface area contributed by atoms with Crippen LogP contribution in [-0.4, -0.2) is 18.2 Å². The van der Waals surface area contributed by atoms with Gasteiger partial charge in [0.2, 0.25) is 10.0 Å². The van der Waals surface area contributed by atoms with Crippen LogP contribution in [0.25, 0.3) is 0 Å². The van der Waals surface area contributed by atoms with Gasteiger partial charge in [-0.15, -0.1) is 0 Å². The van der Waals surface area contributed by atoms with E-state index in [-0.39, 0.29) is 6.54 Å². The van der Waals surface area contributed by atoms with Gasteiger partial charge in [0, 0.05) is 13.2 Å². The average Bonchev–Trinajstić information content (AvgIpc) is 2.71. The number of aromatic nitrogens is 2.